The highest BCUT2D eigenvalue weighted by Crippen LogP contribution is 2.27. The molecule has 7 nitrogen and oxygen atoms in total. The van der Waals surface area contributed by atoms with Crippen molar-refractivity contribution in [3.63, 3.8) is 0 Å². The standard InChI is InChI=1S/C27H29N5O2/c1-19-16-26(32-25(29-19)17-23(30-32)20-8-4-3-5-9-20)31-14-12-21(13-15-31)27(33)28-18-22-10-6-7-11-24(22)34-2/h3-11,16-17,21H,12-15,18H2,1-2H3,(H,28,33). The Labute approximate surface area is 199 Å². The van der Waals surface area contributed by atoms with Gasteiger partial charge in [-0.3, -0.25) is 4.79 Å². The van der Waals surface area contributed by atoms with Gasteiger partial charge in [-0.2, -0.15) is 9.61 Å². The molecule has 5 rings (SSSR count). The first-order valence-electron chi connectivity index (χ1n) is 11.7. The summed E-state index contributed by atoms with van der Waals surface area (Å²) in [4.78, 5) is 19.8. The molecule has 4 aromatic rings. The lowest BCUT2D eigenvalue weighted by atomic mass is 9.95. The molecule has 1 aliphatic heterocycles. The SMILES string of the molecule is COc1ccccc1CNC(=O)C1CCN(c2cc(C)nc3cc(-c4ccccc4)nn23)CC1. The summed E-state index contributed by atoms with van der Waals surface area (Å²) in [5.74, 6) is 1.93. The van der Waals surface area contributed by atoms with E-state index in [-0.39, 0.29) is 11.8 Å². The van der Waals surface area contributed by atoms with Gasteiger partial charge in [-0.25, -0.2) is 4.98 Å². The Kier molecular flexibility index (Phi) is 6.16. The lowest BCUT2D eigenvalue weighted by molar-refractivity contribution is -0.125. The number of aromatic nitrogens is 3. The summed E-state index contributed by atoms with van der Waals surface area (Å²) < 4.78 is 7.32. The van der Waals surface area contributed by atoms with Crippen molar-refractivity contribution in [1.29, 1.82) is 0 Å². The van der Waals surface area contributed by atoms with Crippen molar-refractivity contribution in [2.75, 3.05) is 25.1 Å². The highest BCUT2D eigenvalue weighted by Gasteiger charge is 2.26. The molecule has 2 aromatic carbocycles. The van der Waals surface area contributed by atoms with E-state index in [1.54, 1.807) is 7.11 Å². The number of amides is 1. The van der Waals surface area contributed by atoms with Crippen LogP contribution in [0.1, 0.15) is 24.1 Å². The lowest BCUT2D eigenvalue weighted by Crippen LogP contribution is -2.41. The highest BCUT2D eigenvalue weighted by atomic mass is 16.5. The van der Waals surface area contributed by atoms with Gasteiger partial charge in [0, 0.05) is 54.5 Å². The van der Waals surface area contributed by atoms with Crippen LogP contribution >= 0.6 is 0 Å². The average Bonchev–Trinajstić information content (AvgIpc) is 3.31. The van der Waals surface area contributed by atoms with Crippen molar-refractivity contribution in [3.8, 4) is 17.0 Å². The molecule has 174 valence electrons. The van der Waals surface area contributed by atoms with E-state index in [9.17, 15) is 4.79 Å². The van der Waals surface area contributed by atoms with Crippen molar-refractivity contribution in [2.24, 2.45) is 5.92 Å². The highest BCUT2D eigenvalue weighted by molar-refractivity contribution is 5.79. The fraction of sp³-hybridized carbons (Fsp3) is 0.296. The molecule has 0 saturated carbocycles. The number of carbonyl (C=O) groups excluding carboxylic acids is 1. The van der Waals surface area contributed by atoms with Crippen LogP contribution in [-0.2, 0) is 11.3 Å². The zero-order valence-corrected chi connectivity index (χ0v) is 19.6. The predicted octanol–water partition coefficient (Wildman–Crippen LogP) is 4.25. The van der Waals surface area contributed by atoms with E-state index in [1.807, 2.05) is 60.0 Å². The zero-order chi connectivity index (χ0) is 23.5. The molecule has 0 atom stereocenters. The second kappa shape index (κ2) is 9.55. The fourth-order valence-electron chi connectivity index (χ4n) is 4.60. The number of nitrogens with one attached hydrogen (secondary N) is 1. The summed E-state index contributed by atoms with van der Waals surface area (Å²) in [6.07, 6.45) is 1.60. The maximum absolute atomic E-state index is 12.8. The molecule has 34 heavy (non-hydrogen) atoms. The summed E-state index contributed by atoms with van der Waals surface area (Å²) in [6, 6.07) is 22.0. The molecule has 0 spiro atoms. The predicted molar refractivity (Wildman–Crippen MR) is 133 cm³/mol. The van der Waals surface area contributed by atoms with Crippen molar-refractivity contribution in [1.82, 2.24) is 19.9 Å². The van der Waals surface area contributed by atoms with Crippen molar-refractivity contribution in [3.05, 3.63) is 78.0 Å². The van der Waals surface area contributed by atoms with Gasteiger partial charge in [0.05, 0.1) is 12.8 Å². The third-order valence-corrected chi connectivity index (χ3v) is 6.44. The molecule has 0 aliphatic carbocycles. The molecule has 0 radical (unpaired) electrons. The molecule has 7 heteroatoms. The van der Waals surface area contributed by atoms with Gasteiger partial charge in [0.15, 0.2) is 5.65 Å². The minimum Gasteiger partial charge on any atom is -0.496 e. The maximum Gasteiger partial charge on any atom is 0.223 e. The minimum absolute atomic E-state index is 0.00174. The number of methoxy groups -OCH3 is 1. The monoisotopic (exact) mass is 455 g/mol. The Morgan fingerprint density at radius 3 is 2.56 bits per heavy atom. The lowest BCUT2D eigenvalue weighted by Gasteiger charge is -2.33. The quantitative estimate of drug-likeness (QED) is 0.471. The van der Waals surface area contributed by atoms with Crippen LogP contribution in [0.25, 0.3) is 16.9 Å². The number of hydrogen-bond donors (Lipinski definition) is 1. The van der Waals surface area contributed by atoms with Crippen LogP contribution in [0.4, 0.5) is 5.82 Å². The van der Waals surface area contributed by atoms with Crippen LogP contribution < -0.4 is 15.0 Å². The van der Waals surface area contributed by atoms with Gasteiger partial charge in [-0.15, -0.1) is 0 Å². The van der Waals surface area contributed by atoms with Crippen LogP contribution in [0.5, 0.6) is 5.75 Å². The number of hydrogen-bond acceptors (Lipinski definition) is 5. The maximum atomic E-state index is 12.8. The number of para-hydroxylation sites is 1. The van der Waals surface area contributed by atoms with Crippen LogP contribution in [-0.4, -0.2) is 40.7 Å². The first-order chi connectivity index (χ1) is 16.6. The van der Waals surface area contributed by atoms with Crippen LogP contribution in [0.15, 0.2) is 66.7 Å². The van der Waals surface area contributed by atoms with Crippen LogP contribution in [0.3, 0.4) is 0 Å². The molecule has 2 aromatic heterocycles. The molecule has 3 heterocycles. The summed E-state index contributed by atoms with van der Waals surface area (Å²) in [7, 11) is 1.65. The second-order valence-electron chi connectivity index (χ2n) is 8.71. The summed E-state index contributed by atoms with van der Waals surface area (Å²) in [5, 5.41) is 7.95. The van der Waals surface area contributed by atoms with E-state index < -0.39 is 0 Å². The number of fused-ring (bicyclic) bond motifs is 1. The van der Waals surface area contributed by atoms with E-state index >= 15 is 0 Å². The number of anilines is 1. The van der Waals surface area contributed by atoms with Gasteiger partial charge in [-0.05, 0) is 25.8 Å². The Morgan fingerprint density at radius 1 is 1.06 bits per heavy atom. The molecule has 1 N–H and O–H groups in total. The Bertz CT molecular complexity index is 1290. The molecule has 1 saturated heterocycles. The van der Waals surface area contributed by atoms with Crippen molar-refractivity contribution >= 4 is 17.4 Å². The van der Waals surface area contributed by atoms with Gasteiger partial charge in [-0.1, -0.05) is 48.5 Å². The number of rotatable bonds is 6. The number of carbonyl (C=O) groups is 1. The van der Waals surface area contributed by atoms with Crippen LogP contribution in [0.2, 0.25) is 0 Å². The number of benzene rings is 2. The van der Waals surface area contributed by atoms with E-state index in [1.165, 1.54) is 0 Å². The Morgan fingerprint density at radius 2 is 1.79 bits per heavy atom. The third-order valence-electron chi connectivity index (χ3n) is 6.44. The summed E-state index contributed by atoms with van der Waals surface area (Å²) >= 11 is 0. The zero-order valence-electron chi connectivity index (χ0n) is 19.6. The van der Waals surface area contributed by atoms with E-state index in [0.29, 0.717) is 6.54 Å². The average molecular weight is 456 g/mol. The first kappa shape index (κ1) is 21.9. The fourth-order valence-corrected chi connectivity index (χ4v) is 4.60. The number of aryl methyl sites for hydroxylation is 1. The van der Waals surface area contributed by atoms with E-state index in [0.717, 1.165) is 65.7 Å². The summed E-state index contributed by atoms with van der Waals surface area (Å²) in [6.45, 7) is 4.08. The number of piperidine rings is 1. The summed E-state index contributed by atoms with van der Waals surface area (Å²) in [5.41, 5.74) is 4.76. The molecule has 0 unspecified atom stereocenters. The van der Waals surface area contributed by atoms with Gasteiger partial charge >= 0.3 is 0 Å². The molecule has 1 amide bonds. The third kappa shape index (κ3) is 4.46. The molecular weight excluding hydrogens is 426 g/mol. The van der Waals surface area contributed by atoms with E-state index in [2.05, 4.69) is 33.4 Å². The molecular formula is C27H29N5O2. The number of nitrogens with zero attached hydrogens (tertiary/aromatic N) is 4. The second-order valence-corrected chi connectivity index (χ2v) is 8.71. The van der Waals surface area contributed by atoms with E-state index in [4.69, 9.17) is 9.84 Å². The van der Waals surface area contributed by atoms with Gasteiger partial charge in [0.1, 0.15) is 11.6 Å². The molecule has 0 bridgehead atoms. The Balaban J connectivity index is 1.27. The largest absolute Gasteiger partial charge is 0.496 e. The topological polar surface area (TPSA) is 71.8 Å². The Hall–Kier alpha value is -3.87. The molecule has 1 aliphatic rings. The van der Waals surface area contributed by atoms with Gasteiger partial charge in [0.25, 0.3) is 0 Å². The minimum atomic E-state index is 0.00174. The first-order valence-corrected chi connectivity index (χ1v) is 11.7. The van der Waals surface area contributed by atoms with Crippen LogP contribution in [0, 0.1) is 12.8 Å². The molecule has 1 fully saturated rings. The van der Waals surface area contributed by atoms with Gasteiger partial charge < -0.3 is 15.0 Å². The number of ether oxygens (including phenoxy) is 1. The normalized spacial score (nSPS) is 14.4. The van der Waals surface area contributed by atoms with Crippen molar-refractivity contribution < 1.29 is 9.53 Å². The smallest absolute Gasteiger partial charge is 0.223 e. The van der Waals surface area contributed by atoms with Crippen molar-refractivity contribution in [2.45, 2.75) is 26.3 Å². The van der Waals surface area contributed by atoms with Gasteiger partial charge in [0.2, 0.25) is 5.91 Å².